The van der Waals surface area contributed by atoms with Gasteiger partial charge < -0.3 is 0 Å². The predicted molar refractivity (Wildman–Crippen MR) is 33.7 cm³/mol. The number of aliphatic imine (C=N–C) groups is 1. The molecule has 0 aromatic carbocycles. The molecule has 2 aliphatic rings. The van der Waals surface area contributed by atoms with E-state index in [1.165, 1.54) is 0 Å². The molecule has 10 heavy (non-hydrogen) atoms. The number of carbonyl (C=O) groups is 2. The van der Waals surface area contributed by atoms with Gasteiger partial charge in [0.25, 0.3) is 5.91 Å². The average Bonchev–Trinajstić information content (AvgIpc) is 2.61. The summed E-state index contributed by atoms with van der Waals surface area (Å²) >= 11 is 0. The molecule has 1 aliphatic carbocycles. The van der Waals surface area contributed by atoms with E-state index in [9.17, 15) is 9.59 Å². The maximum atomic E-state index is 10.8. The quantitative estimate of drug-likeness (QED) is 0.558. The summed E-state index contributed by atoms with van der Waals surface area (Å²) in [7, 11) is 0. The van der Waals surface area contributed by atoms with Crippen molar-refractivity contribution < 1.29 is 9.59 Å². The van der Waals surface area contributed by atoms with Crippen molar-refractivity contribution in [2.45, 2.75) is 12.8 Å². The van der Waals surface area contributed by atoms with E-state index < -0.39 is 6.03 Å². The van der Waals surface area contributed by atoms with E-state index in [0.717, 1.165) is 12.8 Å². The first-order chi connectivity index (χ1) is 4.77. The molecule has 1 N–H and O–H groups in total. The second kappa shape index (κ2) is 1.65. The number of nitrogens with one attached hydrogen (secondary N) is 1. The lowest BCUT2D eigenvalue weighted by atomic mass is 10.2. The Kier molecular flexibility index (Phi) is 0.922. The fourth-order valence-corrected chi connectivity index (χ4v) is 0.983. The smallest absolute Gasteiger partial charge is 0.271 e. The van der Waals surface area contributed by atoms with Crippen LogP contribution >= 0.6 is 0 Å². The minimum atomic E-state index is -0.508. The van der Waals surface area contributed by atoms with E-state index in [4.69, 9.17) is 0 Å². The number of hydrogen-bond donors (Lipinski definition) is 1. The molecule has 4 heteroatoms. The summed E-state index contributed by atoms with van der Waals surface area (Å²) < 4.78 is 0. The normalized spacial score (nSPS) is 24.6. The highest BCUT2D eigenvalue weighted by atomic mass is 16.2. The van der Waals surface area contributed by atoms with Crippen LogP contribution in [0.2, 0.25) is 0 Å². The number of urea groups is 1. The fraction of sp³-hybridized carbons (Fsp3) is 0.500. The van der Waals surface area contributed by atoms with Crippen molar-refractivity contribution in [2.75, 3.05) is 0 Å². The van der Waals surface area contributed by atoms with Gasteiger partial charge >= 0.3 is 6.03 Å². The highest BCUT2D eigenvalue weighted by Gasteiger charge is 2.36. The van der Waals surface area contributed by atoms with E-state index in [1.807, 2.05) is 0 Å². The summed E-state index contributed by atoms with van der Waals surface area (Å²) in [5, 5.41) is 2.11. The van der Waals surface area contributed by atoms with E-state index in [1.54, 1.807) is 0 Å². The molecule has 0 atom stereocenters. The number of nitrogens with zero attached hydrogens (tertiary/aromatic N) is 1. The molecule has 52 valence electrons. The zero-order valence-electron chi connectivity index (χ0n) is 5.26. The van der Waals surface area contributed by atoms with Crippen LogP contribution in [0.3, 0.4) is 0 Å². The number of imide groups is 1. The average molecular weight is 138 g/mol. The summed E-state index contributed by atoms with van der Waals surface area (Å²) in [6.07, 6.45) is 2.00. The molecule has 0 unspecified atom stereocenters. The summed E-state index contributed by atoms with van der Waals surface area (Å²) in [4.78, 5) is 24.8. The van der Waals surface area contributed by atoms with Crippen LogP contribution in [0.15, 0.2) is 4.99 Å². The monoisotopic (exact) mass is 138 g/mol. The number of amides is 3. The largest absolute Gasteiger partial charge is 0.348 e. The van der Waals surface area contributed by atoms with E-state index in [2.05, 4.69) is 10.3 Å². The Morgan fingerprint density at radius 1 is 1.40 bits per heavy atom. The van der Waals surface area contributed by atoms with Gasteiger partial charge in [0.1, 0.15) is 5.71 Å². The zero-order valence-corrected chi connectivity index (χ0v) is 5.26. The minimum absolute atomic E-state index is 0.270. The molecule has 1 saturated carbocycles. The van der Waals surface area contributed by atoms with Gasteiger partial charge in [-0.2, -0.15) is 4.99 Å². The van der Waals surface area contributed by atoms with Crippen LogP contribution in [-0.2, 0) is 4.79 Å². The van der Waals surface area contributed by atoms with Gasteiger partial charge in [-0.3, -0.25) is 10.1 Å². The summed E-state index contributed by atoms with van der Waals surface area (Å²) in [6, 6.07) is -0.508. The molecular weight excluding hydrogens is 132 g/mol. The number of hydrogen-bond acceptors (Lipinski definition) is 2. The maximum absolute atomic E-state index is 10.8. The highest BCUT2D eigenvalue weighted by Crippen LogP contribution is 2.31. The molecule has 1 aliphatic heterocycles. The number of rotatable bonds is 1. The second-order valence-electron chi connectivity index (χ2n) is 2.53. The first-order valence-electron chi connectivity index (χ1n) is 3.21. The van der Waals surface area contributed by atoms with Gasteiger partial charge in [0.2, 0.25) is 0 Å². The van der Waals surface area contributed by atoms with Crippen molar-refractivity contribution in [3.63, 3.8) is 0 Å². The van der Waals surface area contributed by atoms with Crippen molar-refractivity contribution in [1.29, 1.82) is 0 Å². The Hall–Kier alpha value is -1.19. The molecule has 1 fully saturated rings. The highest BCUT2D eigenvalue weighted by molar-refractivity contribution is 6.47. The number of carbonyl (C=O) groups excluding carboxylic acids is 2. The fourth-order valence-electron chi connectivity index (χ4n) is 0.983. The third-order valence-electron chi connectivity index (χ3n) is 1.64. The first kappa shape index (κ1) is 5.58. The van der Waals surface area contributed by atoms with Crippen LogP contribution in [0, 0.1) is 5.92 Å². The summed E-state index contributed by atoms with van der Waals surface area (Å²) in [5.41, 5.74) is 0.435. The molecule has 2 rings (SSSR count). The van der Waals surface area contributed by atoms with Crippen LogP contribution in [0.5, 0.6) is 0 Å². The Morgan fingerprint density at radius 3 is 2.50 bits per heavy atom. The Balaban J connectivity index is 2.25. The van der Waals surface area contributed by atoms with Gasteiger partial charge in [0.05, 0.1) is 0 Å². The third-order valence-corrected chi connectivity index (χ3v) is 1.64. The standard InChI is InChI=1S/C6H6N2O2/c9-5-4(3-1-2-3)7-6(10)8-5/h3H,1-2H2,(H,8,9,10). The Labute approximate surface area is 57.3 Å². The van der Waals surface area contributed by atoms with Gasteiger partial charge in [-0.1, -0.05) is 0 Å². The van der Waals surface area contributed by atoms with E-state index in [-0.39, 0.29) is 11.8 Å². The van der Waals surface area contributed by atoms with Crippen molar-refractivity contribution in [3.8, 4) is 0 Å². The molecule has 0 radical (unpaired) electrons. The van der Waals surface area contributed by atoms with Crippen LogP contribution in [0.4, 0.5) is 4.79 Å². The van der Waals surface area contributed by atoms with Crippen LogP contribution < -0.4 is 5.32 Å². The third kappa shape index (κ3) is 0.725. The second-order valence-corrected chi connectivity index (χ2v) is 2.53. The lowest BCUT2D eigenvalue weighted by molar-refractivity contribution is -0.113. The molecule has 4 nitrogen and oxygen atoms in total. The molecule has 3 amide bonds. The van der Waals surface area contributed by atoms with Gasteiger partial charge in [-0.25, -0.2) is 4.79 Å². The van der Waals surface area contributed by atoms with Gasteiger partial charge in [0.15, 0.2) is 0 Å². The van der Waals surface area contributed by atoms with Crippen LogP contribution in [-0.4, -0.2) is 17.6 Å². The van der Waals surface area contributed by atoms with E-state index >= 15 is 0 Å². The van der Waals surface area contributed by atoms with Crippen LogP contribution in [0.1, 0.15) is 12.8 Å². The maximum Gasteiger partial charge on any atom is 0.348 e. The van der Waals surface area contributed by atoms with Crippen molar-refractivity contribution in [2.24, 2.45) is 10.9 Å². The summed E-state index contributed by atoms with van der Waals surface area (Å²) in [6.45, 7) is 0. The lowest BCUT2D eigenvalue weighted by Gasteiger charge is -1.88. The van der Waals surface area contributed by atoms with Gasteiger partial charge in [0, 0.05) is 5.92 Å². The lowest BCUT2D eigenvalue weighted by Crippen LogP contribution is -2.25. The molecule has 0 spiro atoms. The molecule has 1 heterocycles. The van der Waals surface area contributed by atoms with Crippen molar-refractivity contribution >= 4 is 17.6 Å². The van der Waals surface area contributed by atoms with Crippen LogP contribution in [0.25, 0.3) is 0 Å². The van der Waals surface area contributed by atoms with Gasteiger partial charge in [-0.05, 0) is 12.8 Å². The van der Waals surface area contributed by atoms with E-state index in [0.29, 0.717) is 5.71 Å². The van der Waals surface area contributed by atoms with Gasteiger partial charge in [-0.15, -0.1) is 0 Å². The Bertz CT molecular complexity index is 240. The van der Waals surface area contributed by atoms with Crippen molar-refractivity contribution in [3.05, 3.63) is 0 Å². The summed E-state index contributed by atoms with van der Waals surface area (Å²) in [5.74, 6) is -0.0288. The molecule has 0 saturated heterocycles. The first-order valence-corrected chi connectivity index (χ1v) is 3.21. The Morgan fingerprint density at radius 2 is 2.10 bits per heavy atom. The predicted octanol–water partition coefficient (Wildman–Crippen LogP) is 0.0872. The van der Waals surface area contributed by atoms with Crippen molar-refractivity contribution in [1.82, 2.24) is 5.32 Å². The molecule has 0 aromatic rings. The molecular formula is C6H6N2O2. The SMILES string of the molecule is O=C1N=C(C2CC2)C(=O)N1. The zero-order chi connectivity index (χ0) is 7.14. The molecule has 0 aromatic heterocycles. The molecule has 0 bridgehead atoms. The minimum Gasteiger partial charge on any atom is -0.271 e. The topological polar surface area (TPSA) is 58.5 Å².